The molecule has 0 fully saturated rings. The molecule has 2 aromatic carbocycles. The number of hydrogen-bond donors (Lipinski definition) is 2. The van der Waals surface area contributed by atoms with E-state index in [1.54, 1.807) is 36.0 Å². The molecule has 2 rings (SSSR count). The molecule has 8 heteroatoms. The van der Waals surface area contributed by atoms with Crippen molar-refractivity contribution in [2.24, 2.45) is 0 Å². The minimum atomic E-state index is -0.741. The van der Waals surface area contributed by atoms with E-state index < -0.39 is 16.9 Å². The number of carbonyl (C=O) groups is 2. The number of para-hydroxylation sites is 1. The maximum atomic E-state index is 12.5. The Morgan fingerprint density at radius 3 is 2.54 bits per heavy atom. The van der Waals surface area contributed by atoms with Gasteiger partial charge in [-0.25, -0.2) is 0 Å². The molecule has 0 radical (unpaired) electrons. The summed E-state index contributed by atoms with van der Waals surface area (Å²) >= 11 is 1.56. The van der Waals surface area contributed by atoms with Crippen LogP contribution in [0.25, 0.3) is 0 Å². The predicted molar refractivity (Wildman–Crippen MR) is 102 cm³/mol. The lowest BCUT2D eigenvalue weighted by Gasteiger charge is -2.18. The number of nitrogens with one attached hydrogen (secondary N) is 2. The first kappa shape index (κ1) is 19.5. The van der Waals surface area contributed by atoms with Crippen LogP contribution in [0.3, 0.4) is 0 Å². The lowest BCUT2D eigenvalue weighted by atomic mass is 10.1. The summed E-state index contributed by atoms with van der Waals surface area (Å²) in [7, 11) is 0. The van der Waals surface area contributed by atoms with Crippen LogP contribution in [0.1, 0.15) is 16.8 Å². The first-order valence-electron chi connectivity index (χ1n) is 7.91. The van der Waals surface area contributed by atoms with E-state index in [4.69, 9.17) is 0 Å². The summed E-state index contributed by atoms with van der Waals surface area (Å²) in [6.45, 7) is 0. The quantitative estimate of drug-likeness (QED) is 0.547. The van der Waals surface area contributed by atoms with Gasteiger partial charge in [-0.1, -0.05) is 24.3 Å². The Morgan fingerprint density at radius 2 is 1.88 bits per heavy atom. The number of benzene rings is 2. The number of nitrogens with zero attached hydrogens (tertiary/aromatic N) is 1. The zero-order chi connectivity index (χ0) is 18.9. The van der Waals surface area contributed by atoms with E-state index in [1.165, 1.54) is 24.3 Å². The normalized spacial score (nSPS) is 11.4. The molecule has 2 N–H and O–H groups in total. The van der Waals surface area contributed by atoms with Crippen LogP contribution in [-0.4, -0.2) is 34.8 Å². The summed E-state index contributed by atoms with van der Waals surface area (Å²) in [4.78, 5) is 35.2. The molecule has 2 aromatic rings. The Bertz CT molecular complexity index is 783. The van der Waals surface area contributed by atoms with Crippen LogP contribution in [0.15, 0.2) is 54.6 Å². The van der Waals surface area contributed by atoms with Gasteiger partial charge in [0.2, 0.25) is 5.91 Å². The lowest BCUT2D eigenvalue weighted by Crippen LogP contribution is -2.44. The molecule has 0 aliphatic rings. The number of non-ortho nitro benzene ring substituents is 1. The highest BCUT2D eigenvalue weighted by Gasteiger charge is 2.22. The second kappa shape index (κ2) is 9.57. The number of amides is 2. The maximum Gasteiger partial charge on any atom is 0.270 e. The fraction of sp³-hybridized carbons (Fsp3) is 0.222. The van der Waals surface area contributed by atoms with Crippen molar-refractivity contribution in [2.75, 3.05) is 17.3 Å². The van der Waals surface area contributed by atoms with E-state index in [2.05, 4.69) is 10.6 Å². The largest absolute Gasteiger partial charge is 0.340 e. The van der Waals surface area contributed by atoms with Crippen molar-refractivity contribution >= 4 is 35.0 Å². The van der Waals surface area contributed by atoms with Gasteiger partial charge in [0.25, 0.3) is 11.6 Å². The van der Waals surface area contributed by atoms with Gasteiger partial charge in [0, 0.05) is 23.4 Å². The van der Waals surface area contributed by atoms with Crippen LogP contribution in [0.4, 0.5) is 11.4 Å². The number of thioether (sulfide) groups is 1. The van der Waals surface area contributed by atoms with Gasteiger partial charge in [-0.2, -0.15) is 11.8 Å². The number of anilines is 1. The van der Waals surface area contributed by atoms with Crippen LogP contribution in [0, 0.1) is 10.1 Å². The highest BCUT2D eigenvalue weighted by Crippen LogP contribution is 2.14. The monoisotopic (exact) mass is 373 g/mol. The molecule has 136 valence electrons. The summed E-state index contributed by atoms with van der Waals surface area (Å²) in [5.41, 5.74) is 0.601. The van der Waals surface area contributed by atoms with Crippen molar-refractivity contribution in [1.82, 2.24) is 5.32 Å². The Morgan fingerprint density at radius 1 is 1.15 bits per heavy atom. The Kier molecular flexibility index (Phi) is 7.16. The fourth-order valence-corrected chi connectivity index (χ4v) is 2.73. The number of hydrogen-bond acceptors (Lipinski definition) is 5. The van der Waals surface area contributed by atoms with Crippen molar-refractivity contribution in [3.05, 3.63) is 70.3 Å². The summed E-state index contributed by atoms with van der Waals surface area (Å²) in [6, 6.07) is 13.6. The second-order valence-electron chi connectivity index (χ2n) is 5.47. The number of rotatable bonds is 8. The van der Waals surface area contributed by atoms with Crippen molar-refractivity contribution in [3.63, 3.8) is 0 Å². The summed E-state index contributed by atoms with van der Waals surface area (Å²) in [5.74, 6) is -0.172. The molecule has 0 saturated heterocycles. The topological polar surface area (TPSA) is 101 Å². The molecule has 0 unspecified atom stereocenters. The van der Waals surface area contributed by atoms with E-state index in [-0.39, 0.29) is 17.2 Å². The van der Waals surface area contributed by atoms with Crippen LogP contribution < -0.4 is 10.6 Å². The standard InChI is InChI=1S/C18H19N3O4S/c1-26-11-10-16(18(23)19-14-7-3-2-4-8-14)20-17(22)13-6-5-9-15(12-13)21(24)25/h2-9,12,16H,10-11H2,1H3,(H,19,23)(H,20,22)/t16-/m0/s1. The van der Waals surface area contributed by atoms with Crippen LogP contribution in [0.5, 0.6) is 0 Å². The molecule has 1 atom stereocenters. The highest BCUT2D eigenvalue weighted by molar-refractivity contribution is 7.98. The van der Waals surface area contributed by atoms with Gasteiger partial charge in [-0.15, -0.1) is 0 Å². The van der Waals surface area contributed by atoms with Crippen molar-refractivity contribution in [2.45, 2.75) is 12.5 Å². The zero-order valence-electron chi connectivity index (χ0n) is 14.2. The minimum Gasteiger partial charge on any atom is -0.340 e. The minimum absolute atomic E-state index is 0.140. The molecule has 26 heavy (non-hydrogen) atoms. The van der Waals surface area contributed by atoms with E-state index in [1.807, 2.05) is 12.3 Å². The smallest absolute Gasteiger partial charge is 0.270 e. The van der Waals surface area contributed by atoms with E-state index in [0.29, 0.717) is 17.9 Å². The number of carbonyl (C=O) groups excluding carboxylic acids is 2. The van der Waals surface area contributed by atoms with E-state index in [0.717, 1.165) is 0 Å². The summed E-state index contributed by atoms with van der Waals surface area (Å²) < 4.78 is 0. The van der Waals surface area contributed by atoms with Gasteiger partial charge < -0.3 is 10.6 Å². The molecule has 2 amide bonds. The molecule has 0 spiro atoms. The van der Waals surface area contributed by atoms with Gasteiger partial charge in [0.05, 0.1) is 4.92 Å². The van der Waals surface area contributed by atoms with E-state index in [9.17, 15) is 19.7 Å². The molecule has 0 aromatic heterocycles. The number of nitro groups is 1. The Labute approximate surface area is 155 Å². The van der Waals surface area contributed by atoms with Gasteiger partial charge in [-0.05, 0) is 36.6 Å². The van der Waals surface area contributed by atoms with E-state index >= 15 is 0 Å². The van der Waals surface area contributed by atoms with Gasteiger partial charge in [0.15, 0.2) is 0 Å². The Balaban J connectivity index is 2.11. The SMILES string of the molecule is CSCC[C@H](NC(=O)c1cccc([N+](=O)[O-])c1)C(=O)Nc1ccccc1. The third-order valence-electron chi connectivity index (χ3n) is 3.59. The molecular weight excluding hydrogens is 354 g/mol. The summed E-state index contributed by atoms with van der Waals surface area (Å²) in [6.07, 6.45) is 2.36. The average Bonchev–Trinajstić information content (AvgIpc) is 2.65. The lowest BCUT2D eigenvalue weighted by molar-refractivity contribution is -0.384. The number of nitro benzene ring substituents is 1. The van der Waals surface area contributed by atoms with Gasteiger partial charge >= 0.3 is 0 Å². The van der Waals surface area contributed by atoms with Crippen molar-refractivity contribution in [1.29, 1.82) is 0 Å². The van der Waals surface area contributed by atoms with Crippen LogP contribution in [-0.2, 0) is 4.79 Å². The Hall–Kier alpha value is -2.87. The van der Waals surface area contributed by atoms with Gasteiger partial charge in [0.1, 0.15) is 6.04 Å². The molecule has 0 bridgehead atoms. The van der Waals surface area contributed by atoms with Crippen molar-refractivity contribution < 1.29 is 14.5 Å². The molecule has 0 aliphatic carbocycles. The van der Waals surface area contributed by atoms with Crippen LogP contribution in [0.2, 0.25) is 0 Å². The molecule has 0 heterocycles. The predicted octanol–water partition coefficient (Wildman–Crippen LogP) is 3.09. The summed E-state index contributed by atoms with van der Waals surface area (Å²) in [5, 5.41) is 16.3. The molecule has 0 aliphatic heterocycles. The molecule has 0 saturated carbocycles. The van der Waals surface area contributed by atoms with Crippen molar-refractivity contribution in [3.8, 4) is 0 Å². The third kappa shape index (κ3) is 5.59. The zero-order valence-corrected chi connectivity index (χ0v) is 15.0. The first-order valence-corrected chi connectivity index (χ1v) is 9.31. The second-order valence-corrected chi connectivity index (χ2v) is 6.46. The third-order valence-corrected chi connectivity index (χ3v) is 4.24. The molecular formula is C18H19N3O4S. The first-order chi connectivity index (χ1) is 12.5. The highest BCUT2D eigenvalue weighted by atomic mass is 32.2. The molecule has 7 nitrogen and oxygen atoms in total. The maximum absolute atomic E-state index is 12.5. The average molecular weight is 373 g/mol. The van der Waals surface area contributed by atoms with Crippen LogP contribution >= 0.6 is 11.8 Å². The fourth-order valence-electron chi connectivity index (χ4n) is 2.26. The van der Waals surface area contributed by atoms with Gasteiger partial charge in [-0.3, -0.25) is 19.7 Å².